The molecule has 0 radical (unpaired) electrons. The molecule has 2 aromatic carbocycles. The number of hydrogen-bond acceptors (Lipinski definition) is 5. The zero-order valence-electron chi connectivity index (χ0n) is 13.7. The normalized spacial score (nSPS) is 10.9. The highest BCUT2D eigenvalue weighted by molar-refractivity contribution is 7.09. The summed E-state index contributed by atoms with van der Waals surface area (Å²) in [6, 6.07) is 14.4. The van der Waals surface area contributed by atoms with Crippen molar-refractivity contribution in [2.24, 2.45) is 0 Å². The molecule has 2 aromatic heterocycles. The Hall–Kier alpha value is -2.05. The van der Waals surface area contributed by atoms with Gasteiger partial charge in [0.2, 0.25) is 0 Å². The highest BCUT2D eigenvalue weighted by Gasteiger charge is 2.13. The summed E-state index contributed by atoms with van der Waals surface area (Å²) in [5, 5.41) is 8.31. The topological polar surface area (TPSA) is 48.2 Å². The molecule has 0 atom stereocenters. The van der Waals surface area contributed by atoms with E-state index in [1.54, 1.807) is 18.2 Å². The second kappa shape index (κ2) is 7.90. The number of nitrogens with zero attached hydrogens (tertiary/aromatic N) is 2. The maximum absolute atomic E-state index is 6.09. The number of thiazole rings is 1. The Morgan fingerprint density at radius 2 is 1.78 bits per heavy atom. The number of ether oxygens (including phenoxy) is 1. The Balaban J connectivity index is 1.49. The monoisotopic (exact) mass is 436 g/mol. The predicted molar refractivity (Wildman–Crippen MR) is 109 cm³/mol. The van der Waals surface area contributed by atoms with Gasteiger partial charge in [-0.15, -0.1) is 11.3 Å². The summed E-state index contributed by atoms with van der Waals surface area (Å²) < 4.78 is 11.1. The molecule has 0 spiro atoms. The van der Waals surface area contributed by atoms with Gasteiger partial charge in [0.1, 0.15) is 28.8 Å². The summed E-state index contributed by atoms with van der Waals surface area (Å²) >= 11 is 19.6. The largest absolute Gasteiger partial charge is 0.485 e. The van der Waals surface area contributed by atoms with Crippen LogP contribution in [0.5, 0.6) is 5.75 Å². The quantitative estimate of drug-likeness (QED) is 0.337. The van der Waals surface area contributed by atoms with Crippen LogP contribution in [0.1, 0.15) is 5.01 Å². The number of rotatable bonds is 5. The predicted octanol–water partition coefficient (Wildman–Crippen LogP) is 7.00. The molecular formula is C19H11Cl3N2O2S. The molecule has 27 heavy (non-hydrogen) atoms. The Kier molecular flexibility index (Phi) is 5.36. The number of hydrogen-bond donors (Lipinski definition) is 0. The molecule has 0 unspecified atom stereocenters. The van der Waals surface area contributed by atoms with Crippen molar-refractivity contribution in [1.29, 1.82) is 0 Å². The van der Waals surface area contributed by atoms with E-state index in [1.807, 2.05) is 35.7 Å². The van der Waals surface area contributed by atoms with Crippen LogP contribution in [0.3, 0.4) is 0 Å². The summed E-state index contributed by atoms with van der Waals surface area (Å²) in [6.07, 6.45) is 0. The molecular weight excluding hydrogens is 427 g/mol. The molecule has 136 valence electrons. The van der Waals surface area contributed by atoms with Gasteiger partial charge < -0.3 is 9.26 Å². The summed E-state index contributed by atoms with van der Waals surface area (Å²) in [4.78, 5) is 4.53. The molecule has 0 N–H and O–H groups in total. The lowest BCUT2D eigenvalue weighted by atomic mass is 10.1. The lowest BCUT2D eigenvalue weighted by molar-refractivity contribution is 0.306. The van der Waals surface area contributed by atoms with Gasteiger partial charge in [-0.1, -0.05) is 58.2 Å². The molecule has 4 aromatic rings. The third-order valence-electron chi connectivity index (χ3n) is 3.72. The highest BCUT2D eigenvalue weighted by Crippen LogP contribution is 2.31. The van der Waals surface area contributed by atoms with Gasteiger partial charge in [-0.05, 0) is 24.3 Å². The first kappa shape index (κ1) is 18.3. The molecule has 0 aliphatic carbocycles. The molecule has 0 saturated carbocycles. The van der Waals surface area contributed by atoms with Gasteiger partial charge in [-0.2, -0.15) is 0 Å². The van der Waals surface area contributed by atoms with Crippen LogP contribution >= 0.6 is 46.1 Å². The van der Waals surface area contributed by atoms with Crippen molar-refractivity contribution < 1.29 is 9.26 Å². The third kappa shape index (κ3) is 4.12. The van der Waals surface area contributed by atoms with Crippen molar-refractivity contribution in [3.05, 3.63) is 74.0 Å². The Bertz CT molecular complexity index is 1090. The first-order valence-corrected chi connectivity index (χ1v) is 9.86. The second-order valence-electron chi connectivity index (χ2n) is 5.55. The van der Waals surface area contributed by atoms with E-state index >= 15 is 0 Å². The smallest absolute Gasteiger partial charge is 0.186 e. The Morgan fingerprint density at radius 1 is 0.926 bits per heavy atom. The van der Waals surface area contributed by atoms with Crippen molar-refractivity contribution >= 4 is 46.1 Å². The summed E-state index contributed by atoms with van der Waals surface area (Å²) in [7, 11) is 0. The zero-order valence-corrected chi connectivity index (χ0v) is 16.7. The minimum atomic E-state index is 0.322. The third-order valence-corrected chi connectivity index (χ3v) is 5.59. The highest BCUT2D eigenvalue weighted by atomic mass is 35.5. The molecule has 8 heteroatoms. The molecule has 4 rings (SSSR count). The van der Waals surface area contributed by atoms with Gasteiger partial charge in [0, 0.05) is 17.0 Å². The molecule has 4 nitrogen and oxygen atoms in total. The van der Waals surface area contributed by atoms with E-state index in [2.05, 4.69) is 10.1 Å². The number of para-hydroxylation sites is 1. The van der Waals surface area contributed by atoms with Crippen LogP contribution in [-0.2, 0) is 6.61 Å². The molecule has 2 heterocycles. The van der Waals surface area contributed by atoms with Gasteiger partial charge in [0.05, 0.1) is 15.1 Å². The maximum atomic E-state index is 6.09. The van der Waals surface area contributed by atoms with Crippen molar-refractivity contribution in [1.82, 2.24) is 10.1 Å². The number of halogens is 3. The minimum Gasteiger partial charge on any atom is -0.485 e. The van der Waals surface area contributed by atoms with Crippen LogP contribution < -0.4 is 4.74 Å². The zero-order chi connectivity index (χ0) is 18.8. The van der Waals surface area contributed by atoms with E-state index in [0.717, 1.165) is 10.6 Å². The summed E-state index contributed by atoms with van der Waals surface area (Å²) in [6.45, 7) is 0.322. The average Bonchev–Trinajstić information content (AvgIpc) is 3.32. The average molecular weight is 438 g/mol. The first-order chi connectivity index (χ1) is 13.1. The fraction of sp³-hybridized carbons (Fsp3) is 0.0526. The standard InChI is InChI=1S/C19H11Cl3N2O2S/c20-12-6-5-11(7-14(12)22)15-8-18(26-24-15)16-10-27-19(23-16)9-25-17-4-2-1-3-13(17)21/h1-8,10H,9H2. The summed E-state index contributed by atoms with van der Waals surface area (Å²) in [5.74, 6) is 1.19. The van der Waals surface area contributed by atoms with E-state index in [9.17, 15) is 0 Å². The number of benzene rings is 2. The van der Waals surface area contributed by atoms with Crippen LogP contribution in [-0.4, -0.2) is 10.1 Å². The first-order valence-electron chi connectivity index (χ1n) is 7.84. The fourth-order valence-corrected chi connectivity index (χ4v) is 3.56. The fourth-order valence-electron chi connectivity index (χ4n) is 2.38. The van der Waals surface area contributed by atoms with Gasteiger partial charge in [-0.3, -0.25) is 0 Å². The molecule has 0 fully saturated rings. The van der Waals surface area contributed by atoms with E-state index in [-0.39, 0.29) is 0 Å². The van der Waals surface area contributed by atoms with Crippen LogP contribution in [0.25, 0.3) is 22.7 Å². The van der Waals surface area contributed by atoms with Gasteiger partial charge >= 0.3 is 0 Å². The van der Waals surface area contributed by atoms with Gasteiger partial charge in [-0.25, -0.2) is 4.98 Å². The van der Waals surface area contributed by atoms with Crippen molar-refractivity contribution in [2.45, 2.75) is 6.61 Å². The molecule has 0 saturated heterocycles. The Morgan fingerprint density at radius 3 is 2.59 bits per heavy atom. The van der Waals surface area contributed by atoms with Crippen molar-refractivity contribution in [3.63, 3.8) is 0 Å². The van der Waals surface area contributed by atoms with Crippen LogP contribution in [0.4, 0.5) is 0 Å². The molecule has 0 aliphatic heterocycles. The van der Waals surface area contributed by atoms with E-state index in [1.165, 1.54) is 11.3 Å². The summed E-state index contributed by atoms with van der Waals surface area (Å²) in [5.41, 5.74) is 2.17. The maximum Gasteiger partial charge on any atom is 0.186 e. The van der Waals surface area contributed by atoms with E-state index in [0.29, 0.717) is 44.6 Å². The SMILES string of the molecule is Clc1ccc(-c2cc(-c3csc(COc4ccccc4Cl)n3)on2)cc1Cl. The van der Waals surface area contributed by atoms with Crippen LogP contribution in [0.2, 0.25) is 15.1 Å². The molecule has 0 amide bonds. The van der Waals surface area contributed by atoms with E-state index in [4.69, 9.17) is 44.1 Å². The molecule has 0 bridgehead atoms. The lowest BCUT2D eigenvalue weighted by Gasteiger charge is -2.05. The van der Waals surface area contributed by atoms with Crippen molar-refractivity contribution in [2.75, 3.05) is 0 Å². The number of aromatic nitrogens is 2. The molecule has 0 aliphatic rings. The van der Waals surface area contributed by atoms with Crippen LogP contribution in [0.15, 0.2) is 58.4 Å². The van der Waals surface area contributed by atoms with Gasteiger partial charge in [0.15, 0.2) is 5.76 Å². The van der Waals surface area contributed by atoms with Crippen LogP contribution in [0, 0.1) is 0 Å². The minimum absolute atomic E-state index is 0.322. The van der Waals surface area contributed by atoms with Crippen molar-refractivity contribution in [3.8, 4) is 28.5 Å². The van der Waals surface area contributed by atoms with E-state index < -0.39 is 0 Å². The Labute approximate surface area is 174 Å². The van der Waals surface area contributed by atoms with Gasteiger partial charge in [0.25, 0.3) is 0 Å². The second-order valence-corrected chi connectivity index (χ2v) is 7.72. The lowest BCUT2D eigenvalue weighted by Crippen LogP contribution is -1.95.